The normalized spacial score (nSPS) is 11.0. The molecule has 30 heavy (non-hydrogen) atoms. The first-order valence-corrected chi connectivity index (χ1v) is 10.9. The molecule has 3 aromatic rings. The van der Waals surface area contributed by atoms with Gasteiger partial charge >= 0.3 is 5.97 Å². The lowest BCUT2D eigenvalue weighted by Crippen LogP contribution is -2.16. The van der Waals surface area contributed by atoms with Crippen LogP contribution in [-0.4, -0.2) is 27.6 Å². The number of hydrogen-bond acceptors (Lipinski definition) is 4. The molecule has 2 aromatic carbocycles. The van der Waals surface area contributed by atoms with Crippen molar-refractivity contribution in [1.29, 1.82) is 0 Å². The number of carbonyl (C=O) groups is 1. The van der Waals surface area contributed by atoms with Crippen LogP contribution in [0.1, 0.15) is 26.2 Å². The van der Waals surface area contributed by atoms with Gasteiger partial charge in [-0.25, -0.2) is 4.79 Å². The Kier molecular flexibility index (Phi) is 8.00. The lowest BCUT2D eigenvalue weighted by Gasteiger charge is -2.06. The Labute approximate surface area is 194 Å². The zero-order chi connectivity index (χ0) is 21.7. The minimum absolute atomic E-state index is 0.129. The molecule has 0 atom stereocenters. The van der Waals surface area contributed by atoms with Gasteiger partial charge in [0.05, 0.1) is 16.7 Å². The molecule has 0 N–H and O–H groups in total. The monoisotopic (exact) mass is 485 g/mol. The van der Waals surface area contributed by atoms with Crippen molar-refractivity contribution in [3.05, 3.63) is 56.5 Å². The maximum absolute atomic E-state index is 12.2. The molecule has 0 spiro atoms. The molecule has 1 heterocycles. The van der Waals surface area contributed by atoms with Gasteiger partial charge in [-0.05, 0) is 42.8 Å². The smallest absolute Gasteiger partial charge is 0.329 e. The van der Waals surface area contributed by atoms with E-state index >= 15 is 0 Å². The van der Waals surface area contributed by atoms with Gasteiger partial charge < -0.3 is 4.74 Å². The van der Waals surface area contributed by atoms with Crippen molar-refractivity contribution >= 4 is 52.4 Å². The number of halogens is 4. The number of nitrogens with zero attached hydrogens (tertiary/aromatic N) is 3. The molecule has 0 aliphatic carbocycles. The van der Waals surface area contributed by atoms with Gasteiger partial charge in [0.1, 0.15) is 11.4 Å². The number of aromatic nitrogens is 3. The van der Waals surface area contributed by atoms with Crippen LogP contribution in [-0.2, 0) is 16.1 Å². The van der Waals surface area contributed by atoms with Crippen LogP contribution < -0.4 is 0 Å². The maximum atomic E-state index is 12.2. The van der Waals surface area contributed by atoms with E-state index in [1.807, 2.05) is 0 Å². The number of esters is 1. The number of benzene rings is 2. The van der Waals surface area contributed by atoms with Crippen LogP contribution >= 0.6 is 46.4 Å². The first-order valence-electron chi connectivity index (χ1n) is 9.40. The van der Waals surface area contributed by atoms with Gasteiger partial charge in [-0.15, -0.1) is 0 Å². The first kappa shape index (κ1) is 22.9. The molecule has 3 rings (SSSR count). The van der Waals surface area contributed by atoms with Crippen LogP contribution in [0.3, 0.4) is 0 Å². The summed E-state index contributed by atoms with van der Waals surface area (Å²) in [5, 5.41) is 10.8. The highest BCUT2D eigenvalue weighted by Crippen LogP contribution is 2.38. The molecule has 0 saturated carbocycles. The summed E-state index contributed by atoms with van der Waals surface area (Å²) in [6.07, 6.45) is 2.88. The van der Waals surface area contributed by atoms with Crippen LogP contribution in [0.5, 0.6) is 0 Å². The molecule has 0 fully saturated rings. The summed E-state index contributed by atoms with van der Waals surface area (Å²) in [5.41, 5.74) is 2.17. The predicted octanol–water partition coefficient (Wildman–Crippen LogP) is 6.96. The lowest BCUT2D eigenvalue weighted by atomic mass is 10.0. The molecule has 0 unspecified atom stereocenters. The number of hydrogen-bond donors (Lipinski definition) is 0. The van der Waals surface area contributed by atoms with Gasteiger partial charge in [0.15, 0.2) is 6.54 Å². The Bertz CT molecular complexity index is 984. The summed E-state index contributed by atoms with van der Waals surface area (Å²) in [7, 11) is 0. The van der Waals surface area contributed by atoms with Gasteiger partial charge in [-0.2, -0.15) is 15.0 Å². The van der Waals surface area contributed by atoms with Crippen molar-refractivity contribution < 1.29 is 9.53 Å². The number of unbranched alkanes of at least 4 members (excludes halogenated alkanes) is 2. The van der Waals surface area contributed by atoms with Crippen LogP contribution in [0.2, 0.25) is 20.1 Å². The molecule has 0 bridgehead atoms. The van der Waals surface area contributed by atoms with Crippen molar-refractivity contribution in [2.75, 3.05) is 6.61 Å². The average molecular weight is 487 g/mol. The van der Waals surface area contributed by atoms with Crippen molar-refractivity contribution in [3.8, 4) is 22.5 Å². The quantitative estimate of drug-likeness (QED) is 0.255. The minimum atomic E-state index is -0.413. The van der Waals surface area contributed by atoms with Crippen LogP contribution in [0.25, 0.3) is 22.5 Å². The summed E-state index contributed by atoms with van der Waals surface area (Å²) >= 11 is 24.8. The second-order valence-corrected chi connectivity index (χ2v) is 8.29. The predicted molar refractivity (Wildman–Crippen MR) is 121 cm³/mol. The topological polar surface area (TPSA) is 57.0 Å². The third-order valence-electron chi connectivity index (χ3n) is 4.31. The van der Waals surface area contributed by atoms with E-state index in [0.717, 1.165) is 19.3 Å². The van der Waals surface area contributed by atoms with E-state index in [1.54, 1.807) is 36.4 Å². The zero-order valence-corrected chi connectivity index (χ0v) is 19.2. The fourth-order valence-corrected chi connectivity index (χ4v) is 3.84. The van der Waals surface area contributed by atoms with E-state index in [-0.39, 0.29) is 6.54 Å². The van der Waals surface area contributed by atoms with Gasteiger partial charge in [-0.1, -0.05) is 66.2 Å². The number of ether oxygens (including phenoxy) is 1. The summed E-state index contributed by atoms with van der Waals surface area (Å²) < 4.78 is 5.26. The Morgan fingerprint density at radius 2 is 1.43 bits per heavy atom. The van der Waals surface area contributed by atoms with E-state index < -0.39 is 5.97 Å². The van der Waals surface area contributed by atoms with Gasteiger partial charge in [0, 0.05) is 21.2 Å². The van der Waals surface area contributed by atoms with E-state index in [9.17, 15) is 4.79 Å². The highest BCUT2D eigenvalue weighted by molar-refractivity contribution is 6.37. The second kappa shape index (κ2) is 10.5. The fraction of sp³-hybridized carbons (Fsp3) is 0.286. The lowest BCUT2D eigenvalue weighted by molar-refractivity contribution is -0.144. The molecule has 0 radical (unpaired) electrons. The average Bonchev–Trinajstić information content (AvgIpc) is 3.08. The molecule has 5 nitrogen and oxygen atoms in total. The number of rotatable bonds is 8. The first-order chi connectivity index (χ1) is 14.4. The Hall–Kier alpha value is -1.79. The van der Waals surface area contributed by atoms with E-state index in [4.69, 9.17) is 51.1 Å². The van der Waals surface area contributed by atoms with Gasteiger partial charge in [0.25, 0.3) is 0 Å². The van der Waals surface area contributed by atoms with Gasteiger partial charge in [-0.3, -0.25) is 0 Å². The second-order valence-electron chi connectivity index (χ2n) is 6.60. The maximum Gasteiger partial charge on any atom is 0.329 e. The molecule has 0 amide bonds. The van der Waals surface area contributed by atoms with Gasteiger partial charge in [0.2, 0.25) is 0 Å². The van der Waals surface area contributed by atoms with E-state index in [1.165, 1.54) is 4.80 Å². The summed E-state index contributed by atoms with van der Waals surface area (Å²) in [4.78, 5) is 13.5. The van der Waals surface area contributed by atoms with Crippen molar-refractivity contribution in [2.45, 2.75) is 32.7 Å². The molecular formula is C21H19Cl4N3O2. The van der Waals surface area contributed by atoms with Crippen LogP contribution in [0.15, 0.2) is 36.4 Å². The SMILES string of the molecule is CCCCCOC(=O)Cn1nc(-c2ccc(Cl)cc2Cl)c(-c2ccc(Cl)cc2Cl)n1. The highest BCUT2D eigenvalue weighted by atomic mass is 35.5. The highest BCUT2D eigenvalue weighted by Gasteiger charge is 2.21. The zero-order valence-electron chi connectivity index (χ0n) is 16.2. The fourth-order valence-electron chi connectivity index (χ4n) is 2.84. The van der Waals surface area contributed by atoms with E-state index in [0.29, 0.717) is 49.2 Å². The standard InChI is InChI=1S/C21H19Cl4N3O2/c1-2-3-4-9-30-19(29)12-28-26-20(15-7-5-13(22)10-17(15)24)21(27-28)16-8-6-14(23)11-18(16)25/h5-8,10-11H,2-4,9,12H2,1H3. The summed E-state index contributed by atoms with van der Waals surface area (Å²) in [6.45, 7) is 2.33. The van der Waals surface area contributed by atoms with Crippen molar-refractivity contribution in [1.82, 2.24) is 15.0 Å². The molecule has 1 aromatic heterocycles. The van der Waals surface area contributed by atoms with E-state index in [2.05, 4.69) is 17.1 Å². The number of carbonyl (C=O) groups excluding carboxylic acids is 1. The van der Waals surface area contributed by atoms with Crippen LogP contribution in [0, 0.1) is 0 Å². The molecule has 0 aliphatic rings. The molecular weight excluding hydrogens is 468 g/mol. The molecule has 0 saturated heterocycles. The Morgan fingerprint density at radius 3 is 1.90 bits per heavy atom. The molecule has 9 heteroatoms. The molecule has 158 valence electrons. The summed E-state index contributed by atoms with van der Waals surface area (Å²) in [6, 6.07) is 10.1. The van der Waals surface area contributed by atoms with Crippen molar-refractivity contribution in [2.24, 2.45) is 0 Å². The Morgan fingerprint density at radius 1 is 0.900 bits per heavy atom. The third kappa shape index (κ3) is 5.67. The summed E-state index contributed by atoms with van der Waals surface area (Å²) in [5.74, 6) is -0.413. The Balaban J connectivity index is 1.96. The largest absolute Gasteiger partial charge is 0.464 e. The van der Waals surface area contributed by atoms with Crippen molar-refractivity contribution in [3.63, 3.8) is 0 Å². The third-order valence-corrected chi connectivity index (χ3v) is 5.40. The molecule has 0 aliphatic heterocycles. The van der Waals surface area contributed by atoms with Crippen LogP contribution in [0.4, 0.5) is 0 Å². The minimum Gasteiger partial charge on any atom is -0.464 e.